The summed E-state index contributed by atoms with van der Waals surface area (Å²) >= 11 is 6.26. The molecule has 3 aromatic carbocycles. The molecule has 3 rings (SSSR count). The molecule has 0 aliphatic heterocycles. The van der Waals surface area contributed by atoms with E-state index in [-0.39, 0.29) is 22.5 Å². The predicted molar refractivity (Wildman–Crippen MR) is 157 cm³/mol. The Labute approximate surface area is 249 Å². The first-order chi connectivity index (χ1) is 19.8. The Morgan fingerprint density at radius 3 is 2.12 bits per heavy atom. The van der Waals surface area contributed by atoms with Crippen molar-refractivity contribution < 1.29 is 31.2 Å². The number of amides is 2. The predicted octanol–water partition coefficient (Wildman–Crippen LogP) is 5.93. The van der Waals surface area contributed by atoms with Gasteiger partial charge in [0.25, 0.3) is 10.0 Å². The standard InChI is InChI=1S/C30H33ClF3N3O4S/c1-4-21(2)35-29(39)22(3)36(18-17-23-11-7-5-8-12-23)28(38)20-37(42(40,41)25-13-9-6-10-14-25)27-19-24(30(32,33)34)15-16-26(27)31/h5-16,19,21-22H,4,17-18,20H2,1-3H3,(H,35,39)/t21-,22+/m1/s1. The van der Waals surface area contributed by atoms with Gasteiger partial charge < -0.3 is 10.2 Å². The van der Waals surface area contributed by atoms with Crippen LogP contribution in [-0.2, 0) is 32.2 Å². The number of rotatable bonds is 12. The molecule has 0 aromatic heterocycles. The third-order valence-corrected chi connectivity index (χ3v) is 8.90. The number of hydrogen-bond donors (Lipinski definition) is 1. The highest BCUT2D eigenvalue weighted by Crippen LogP contribution is 2.37. The molecule has 2 atom stereocenters. The number of sulfonamides is 1. The third kappa shape index (κ3) is 8.25. The molecule has 0 saturated heterocycles. The third-order valence-electron chi connectivity index (χ3n) is 6.80. The van der Waals surface area contributed by atoms with E-state index in [9.17, 15) is 31.2 Å². The van der Waals surface area contributed by atoms with Crippen molar-refractivity contribution in [2.75, 3.05) is 17.4 Å². The molecule has 0 aliphatic rings. The first-order valence-electron chi connectivity index (χ1n) is 13.3. The number of carbonyl (C=O) groups excluding carboxylic acids is 2. The fourth-order valence-corrected chi connectivity index (χ4v) is 5.86. The van der Waals surface area contributed by atoms with E-state index in [0.29, 0.717) is 23.2 Å². The Balaban J connectivity index is 2.07. The van der Waals surface area contributed by atoms with Crippen molar-refractivity contribution in [2.45, 2.75) is 56.8 Å². The summed E-state index contributed by atoms with van der Waals surface area (Å²) in [7, 11) is -4.57. The summed E-state index contributed by atoms with van der Waals surface area (Å²) in [6.45, 7) is 4.37. The van der Waals surface area contributed by atoms with Crippen molar-refractivity contribution in [1.29, 1.82) is 0 Å². The average Bonchev–Trinajstić information content (AvgIpc) is 2.96. The molecule has 12 heteroatoms. The van der Waals surface area contributed by atoms with Gasteiger partial charge in [-0.05, 0) is 62.6 Å². The number of hydrogen-bond acceptors (Lipinski definition) is 4. The summed E-state index contributed by atoms with van der Waals surface area (Å²) in [5, 5.41) is 2.53. The van der Waals surface area contributed by atoms with E-state index >= 15 is 0 Å². The van der Waals surface area contributed by atoms with Crippen LogP contribution in [-0.4, -0.2) is 50.3 Å². The van der Waals surface area contributed by atoms with Crippen LogP contribution >= 0.6 is 11.6 Å². The van der Waals surface area contributed by atoms with Crippen molar-refractivity contribution in [1.82, 2.24) is 10.2 Å². The van der Waals surface area contributed by atoms with Gasteiger partial charge in [-0.1, -0.05) is 67.1 Å². The van der Waals surface area contributed by atoms with Gasteiger partial charge in [-0.25, -0.2) is 8.42 Å². The van der Waals surface area contributed by atoms with Crippen LogP contribution < -0.4 is 9.62 Å². The minimum absolute atomic E-state index is 0.0491. The SMILES string of the molecule is CC[C@@H](C)NC(=O)[C@H](C)N(CCc1ccccc1)C(=O)CN(c1cc(C(F)(F)F)ccc1Cl)S(=O)(=O)c1ccccc1. The van der Waals surface area contributed by atoms with Gasteiger partial charge in [0.05, 0.1) is 21.2 Å². The highest BCUT2D eigenvalue weighted by atomic mass is 35.5. The number of benzene rings is 3. The highest BCUT2D eigenvalue weighted by Gasteiger charge is 2.36. The second-order valence-electron chi connectivity index (χ2n) is 9.81. The van der Waals surface area contributed by atoms with Gasteiger partial charge in [-0.2, -0.15) is 13.2 Å². The zero-order chi connectivity index (χ0) is 31.1. The lowest BCUT2D eigenvalue weighted by molar-refractivity contribution is -0.139. The largest absolute Gasteiger partial charge is 0.416 e. The first-order valence-corrected chi connectivity index (χ1v) is 15.2. The summed E-state index contributed by atoms with van der Waals surface area (Å²) in [6.07, 6.45) is -3.80. The second-order valence-corrected chi connectivity index (χ2v) is 12.1. The molecule has 0 aliphatic carbocycles. The van der Waals surface area contributed by atoms with Crippen LogP contribution in [0, 0.1) is 0 Å². The van der Waals surface area contributed by atoms with E-state index in [2.05, 4.69) is 5.32 Å². The van der Waals surface area contributed by atoms with Crippen molar-refractivity contribution in [3.8, 4) is 0 Å². The smallest absolute Gasteiger partial charge is 0.352 e. The highest BCUT2D eigenvalue weighted by molar-refractivity contribution is 7.92. The molecule has 0 bridgehead atoms. The first kappa shape index (κ1) is 32.9. The fraction of sp³-hybridized carbons (Fsp3) is 0.333. The Bertz CT molecular complexity index is 1470. The van der Waals surface area contributed by atoms with Gasteiger partial charge in [0.15, 0.2) is 0 Å². The molecular weight excluding hydrogens is 591 g/mol. The normalized spacial score (nSPS) is 13.2. The number of nitrogens with one attached hydrogen (secondary N) is 1. The molecule has 3 aromatic rings. The van der Waals surface area contributed by atoms with Crippen LogP contribution in [0.5, 0.6) is 0 Å². The number of halogens is 4. The maximum absolute atomic E-state index is 13.9. The van der Waals surface area contributed by atoms with E-state index in [4.69, 9.17) is 11.6 Å². The summed E-state index contributed by atoms with van der Waals surface area (Å²) in [4.78, 5) is 28.0. The van der Waals surface area contributed by atoms with E-state index in [1.54, 1.807) is 6.07 Å². The molecule has 0 heterocycles. The van der Waals surface area contributed by atoms with E-state index in [1.165, 1.54) is 36.1 Å². The Hall–Kier alpha value is -3.57. The van der Waals surface area contributed by atoms with Crippen LogP contribution in [0.3, 0.4) is 0 Å². The zero-order valence-corrected chi connectivity index (χ0v) is 25.0. The van der Waals surface area contributed by atoms with Crippen LogP contribution in [0.2, 0.25) is 5.02 Å². The monoisotopic (exact) mass is 623 g/mol. The lowest BCUT2D eigenvalue weighted by Gasteiger charge is -2.32. The molecule has 0 radical (unpaired) electrons. The zero-order valence-electron chi connectivity index (χ0n) is 23.4. The van der Waals surface area contributed by atoms with Gasteiger partial charge in [0.2, 0.25) is 11.8 Å². The van der Waals surface area contributed by atoms with E-state index in [1.807, 2.05) is 44.2 Å². The Kier molecular flexibility index (Phi) is 11.0. The van der Waals surface area contributed by atoms with Crippen LogP contribution in [0.1, 0.15) is 38.3 Å². The average molecular weight is 624 g/mol. The van der Waals surface area contributed by atoms with Gasteiger partial charge >= 0.3 is 6.18 Å². The van der Waals surface area contributed by atoms with Gasteiger partial charge in [-0.3, -0.25) is 13.9 Å². The van der Waals surface area contributed by atoms with Crippen LogP contribution in [0.25, 0.3) is 0 Å². The maximum Gasteiger partial charge on any atom is 0.416 e. The fourth-order valence-electron chi connectivity index (χ4n) is 4.15. The van der Waals surface area contributed by atoms with Crippen molar-refractivity contribution in [3.05, 3.63) is 95.0 Å². The number of anilines is 1. The molecule has 226 valence electrons. The Morgan fingerprint density at radius 1 is 0.952 bits per heavy atom. The van der Waals surface area contributed by atoms with E-state index < -0.39 is 51.9 Å². The minimum atomic E-state index is -4.80. The second kappa shape index (κ2) is 14.1. The summed E-state index contributed by atoms with van der Waals surface area (Å²) < 4.78 is 69.1. The van der Waals surface area contributed by atoms with E-state index in [0.717, 1.165) is 17.7 Å². The van der Waals surface area contributed by atoms with Crippen molar-refractivity contribution in [2.24, 2.45) is 0 Å². The molecule has 1 N–H and O–H groups in total. The van der Waals surface area contributed by atoms with Crippen molar-refractivity contribution >= 4 is 39.1 Å². The minimum Gasteiger partial charge on any atom is -0.352 e. The Morgan fingerprint density at radius 2 is 1.55 bits per heavy atom. The molecule has 7 nitrogen and oxygen atoms in total. The lowest BCUT2D eigenvalue weighted by atomic mass is 10.1. The molecule has 0 saturated carbocycles. The van der Waals surface area contributed by atoms with Crippen LogP contribution in [0.15, 0.2) is 83.8 Å². The summed E-state index contributed by atoms with van der Waals surface area (Å²) in [5.41, 5.74) is -0.771. The van der Waals surface area contributed by atoms with Gasteiger partial charge in [0.1, 0.15) is 12.6 Å². The molecule has 0 unspecified atom stereocenters. The number of carbonyl (C=O) groups is 2. The van der Waals surface area contributed by atoms with Gasteiger partial charge in [-0.15, -0.1) is 0 Å². The molecule has 2 amide bonds. The summed E-state index contributed by atoms with van der Waals surface area (Å²) in [6, 6.07) is 17.3. The van der Waals surface area contributed by atoms with Crippen LogP contribution in [0.4, 0.5) is 18.9 Å². The molecular formula is C30H33ClF3N3O4S. The molecule has 0 fully saturated rings. The topological polar surface area (TPSA) is 86.8 Å². The number of alkyl halides is 3. The lowest BCUT2D eigenvalue weighted by Crippen LogP contribution is -2.53. The maximum atomic E-state index is 13.9. The summed E-state index contributed by atoms with van der Waals surface area (Å²) in [5.74, 6) is -1.23. The van der Waals surface area contributed by atoms with Crippen molar-refractivity contribution in [3.63, 3.8) is 0 Å². The quantitative estimate of drug-likeness (QED) is 0.271. The van der Waals surface area contributed by atoms with Gasteiger partial charge in [0, 0.05) is 12.6 Å². The molecule has 42 heavy (non-hydrogen) atoms. The molecule has 0 spiro atoms. The number of nitrogens with zero attached hydrogens (tertiary/aromatic N) is 2.